The molecule has 0 aliphatic heterocycles. The van der Waals surface area contributed by atoms with Crippen LogP contribution in [0, 0.1) is 11.3 Å². The van der Waals surface area contributed by atoms with Gasteiger partial charge in [0.2, 0.25) is 0 Å². The number of aliphatic hydroxyl groups is 1. The van der Waals surface area contributed by atoms with Crippen molar-refractivity contribution in [1.82, 2.24) is 4.98 Å². The number of nitrogens with zero attached hydrogens (tertiary/aromatic N) is 2. The minimum absolute atomic E-state index is 0.108. The molecule has 1 saturated carbocycles. The van der Waals surface area contributed by atoms with Crippen molar-refractivity contribution in [3.63, 3.8) is 0 Å². The van der Waals surface area contributed by atoms with Gasteiger partial charge in [0, 0.05) is 5.69 Å². The number of anilines is 1. The van der Waals surface area contributed by atoms with Crippen LogP contribution in [-0.2, 0) is 12.8 Å². The van der Waals surface area contributed by atoms with Crippen LogP contribution in [0.3, 0.4) is 0 Å². The summed E-state index contributed by atoms with van der Waals surface area (Å²) >= 11 is 0. The zero-order valence-corrected chi connectivity index (χ0v) is 11.1. The average molecular weight is 257 g/mol. The number of aromatic nitrogens is 1. The first-order valence-electron chi connectivity index (χ1n) is 7.08. The zero-order valence-electron chi connectivity index (χ0n) is 11.1. The van der Waals surface area contributed by atoms with E-state index in [1.165, 1.54) is 18.4 Å². The number of fused-ring (bicyclic) bond motifs is 1. The Morgan fingerprint density at radius 1 is 1.32 bits per heavy atom. The van der Waals surface area contributed by atoms with Crippen LogP contribution in [-0.4, -0.2) is 22.2 Å². The molecule has 0 unspecified atom stereocenters. The molecule has 19 heavy (non-hydrogen) atoms. The molecule has 3 rings (SSSR count). The number of hydrogen-bond acceptors (Lipinski definition) is 4. The van der Waals surface area contributed by atoms with Crippen LogP contribution in [0.1, 0.15) is 48.9 Å². The molecule has 4 heteroatoms. The van der Waals surface area contributed by atoms with E-state index in [0.717, 1.165) is 37.8 Å². The van der Waals surface area contributed by atoms with Gasteiger partial charge in [-0.05, 0) is 56.6 Å². The summed E-state index contributed by atoms with van der Waals surface area (Å²) in [5, 5.41) is 22.1. The third kappa shape index (κ3) is 2.19. The van der Waals surface area contributed by atoms with E-state index >= 15 is 0 Å². The van der Waals surface area contributed by atoms with Gasteiger partial charge in [-0.2, -0.15) is 5.26 Å². The molecule has 1 heterocycles. The first-order valence-corrected chi connectivity index (χ1v) is 7.08. The summed E-state index contributed by atoms with van der Waals surface area (Å²) in [6.07, 6.45) is 7.42. The van der Waals surface area contributed by atoms with Gasteiger partial charge in [-0.3, -0.25) is 0 Å². The third-order valence-electron chi connectivity index (χ3n) is 4.42. The Hall–Kier alpha value is -1.60. The van der Waals surface area contributed by atoms with Crippen molar-refractivity contribution in [1.29, 1.82) is 5.26 Å². The molecular weight excluding hydrogens is 238 g/mol. The van der Waals surface area contributed by atoms with Crippen molar-refractivity contribution < 1.29 is 5.11 Å². The molecule has 1 fully saturated rings. The predicted molar refractivity (Wildman–Crippen MR) is 72.9 cm³/mol. The predicted octanol–water partition coefficient (Wildman–Crippen LogP) is 2.16. The molecule has 0 aromatic carbocycles. The lowest BCUT2D eigenvalue weighted by Gasteiger charge is -2.41. The molecule has 100 valence electrons. The van der Waals surface area contributed by atoms with Crippen molar-refractivity contribution in [3.05, 3.63) is 22.9 Å². The van der Waals surface area contributed by atoms with Gasteiger partial charge in [-0.15, -0.1) is 0 Å². The first-order chi connectivity index (χ1) is 9.26. The van der Waals surface area contributed by atoms with Crippen LogP contribution in [0.5, 0.6) is 0 Å². The van der Waals surface area contributed by atoms with Gasteiger partial charge in [0.05, 0.1) is 17.7 Å². The summed E-state index contributed by atoms with van der Waals surface area (Å²) in [7, 11) is 0. The molecular formula is C15H19N3O. The van der Waals surface area contributed by atoms with Gasteiger partial charge < -0.3 is 10.4 Å². The second kappa shape index (κ2) is 4.82. The largest absolute Gasteiger partial charge is 0.394 e. The molecule has 2 aliphatic rings. The van der Waals surface area contributed by atoms with Crippen molar-refractivity contribution in [2.75, 3.05) is 11.9 Å². The van der Waals surface area contributed by atoms with Crippen LogP contribution in [0.15, 0.2) is 6.07 Å². The van der Waals surface area contributed by atoms with E-state index < -0.39 is 0 Å². The number of aliphatic hydroxyl groups excluding tert-OH is 1. The number of rotatable bonds is 3. The minimum atomic E-state index is -0.249. The lowest BCUT2D eigenvalue weighted by molar-refractivity contribution is 0.143. The normalized spacial score (nSPS) is 20.0. The second-order valence-electron chi connectivity index (χ2n) is 5.73. The van der Waals surface area contributed by atoms with E-state index in [9.17, 15) is 10.4 Å². The summed E-state index contributed by atoms with van der Waals surface area (Å²) in [5.41, 5.74) is 2.71. The topological polar surface area (TPSA) is 68.9 Å². The molecule has 0 saturated heterocycles. The number of nitriles is 1. The van der Waals surface area contributed by atoms with Crippen molar-refractivity contribution in [3.8, 4) is 6.07 Å². The van der Waals surface area contributed by atoms with E-state index in [4.69, 9.17) is 0 Å². The van der Waals surface area contributed by atoms with Gasteiger partial charge in [-0.1, -0.05) is 0 Å². The third-order valence-corrected chi connectivity index (χ3v) is 4.42. The monoisotopic (exact) mass is 257 g/mol. The lowest BCUT2D eigenvalue weighted by atomic mass is 9.77. The van der Waals surface area contributed by atoms with E-state index in [2.05, 4.69) is 16.4 Å². The fourth-order valence-corrected chi connectivity index (χ4v) is 2.99. The van der Waals surface area contributed by atoms with Crippen LogP contribution in [0.4, 0.5) is 5.82 Å². The maximum absolute atomic E-state index is 9.53. The Bertz CT molecular complexity index is 523. The van der Waals surface area contributed by atoms with Crippen molar-refractivity contribution in [2.24, 2.45) is 0 Å². The van der Waals surface area contributed by atoms with Crippen molar-refractivity contribution >= 4 is 5.82 Å². The van der Waals surface area contributed by atoms with E-state index in [0.29, 0.717) is 11.4 Å². The average Bonchev–Trinajstić information content (AvgIpc) is 2.42. The number of aryl methyl sites for hydroxylation is 2. The van der Waals surface area contributed by atoms with Gasteiger partial charge in [0.15, 0.2) is 0 Å². The smallest absolute Gasteiger partial charge is 0.144 e. The molecule has 1 aromatic rings. The highest BCUT2D eigenvalue weighted by Crippen LogP contribution is 2.36. The van der Waals surface area contributed by atoms with Gasteiger partial charge in [0.1, 0.15) is 11.9 Å². The summed E-state index contributed by atoms with van der Waals surface area (Å²) in [5.74, 6) is 0.664. The molecule has 4 nitrogen and oxygen atoms in total. The highest BCUT2D eigenvalue weighted by molar-refractivity contribution is 5.56. The summed E-state index contributed by atoms with van der Waals surface area (Å²) in [6.45, 7) is 0.108. The molecule has 0 bridgehead atoms. The van der Waals surface area contributed by atoms with Crippen LogP contribution in [0.2, 0.25) is 0 Å². The Morgan fingerprint density at radius 3 is 2.74 bits per heavy atom. The van der Waals surface area contributed by atoms with Gasteiger partial charge >= 0.3 is 0 Å². The van der Waals surface area contributed by atoms with Crippen LogP contribution < -0.4 is 5.32 Å². The molecule has 0 spiro atoms. The standard InChI is InChI=1S/C15H19N3O/c16-9-12-8-11-4-1-2-5-13(11)17-14(12)18-15(10-19)6-3-7-15/h8,19H,1-7,10H2,(H,17,18). The quantitative estimate of drug-likeness (QED) is 0.870. The van der Waals surface area contributed by atoms with E-state index in [-0.39, 0.29) is 12.1 Å². The molecule has 0 amide bonds. The molecule has 2 N–H and O–H groups in total. The van der Waals surface area contributed by atoms with Crippen LogP contribution >= 0.6 is 0 Å². The number of nitrogens with one attached hydrogen (secondary N) is 1. The number of hydrogen-bond donors (Lipinski definition) is 2. The van der Waals surface area contributed by atoms with Gasteiger partial charge in [-0.25, -0.2) is 4.98 Å². The first kappa shape index (κ1) is 12.4. The van der Waals surface area contributed by atoms with E-state index in [1.54, 1.807) is 0 Å². The Morgan fingerprint density at radius 2 is 2.11 bits per heavy atom. The minimum Gasteiger partial charge on any atom is -0.394 e. The highest BCUT2D eigenvalue weighted by Gasteiger charge is 2.37. The van der Waals surface area contributed by atoms with E-state index in [1.807, 2.05) is 6.07 Å². The van der Waals surface area contributed by atoms with Crippen LogP contribution in [0.25, 0.3) is 0 Å². The molecule has 2 aliphatic carbocycles. The second-order valence-corrected chi connectivity index (χ2v) is 5.73. The Labute approximate surface area is 113 Å². The maximum atomic E-state index is 9.53. The summed E-state index contributed by atoms with van der Waals surface area (Å²) in [4.78, 5) is 4.65. The molecule has 1 aromatic heterocycles. The fourth-order valence-electron chi connectivity index (χ4n) is 2.99. The summed E-state index contributed by atoms with van der Waals surface area (Å²) < 4.78 is 0. The van der Waals surface area contributed by atoms with Crippen molar-refractivity contribution in [2.45, 2.75) is 50.5 Å². The summed E-state index contributed by atoms with van der Waals surface area (Å²) in [6, 6.07) is 4.21. The fraction of sp³-hybridized carbons (Fsp3) is 0.600. The lowest BCUT2D eigenvalue weighted by Crippen LogP contribution is -2.48. The Kier molecular flexibility index (Phi) is 3.16. The molecule has 0 radical (unpaired) electrons. The maximum Gasteiger partial charge on any atom is 0.144 e. The Balaban J connectivity index is 1.94. The van der Waals surface area contributed by atoms with Gasteiger partial charge in [0.25, 0.3) is 0 Å². The SMILES string of the molecule is N#Cc1cc2c(nc1NC1(CO)CCC1)CCCC2. The zero-order chi connectivity index (χ0) is 13.3. The molecule has 0 atom stereocenters. The highest BCUT2D eigenvalue weighted by atomic mass is 16.3. The number of pyridine rings is 1.